The van der Waals surface area contributed by atoms with Crippen LogP contribution in [0.25, 0.3) is 0 Å². The zero-order chi connectivity index (χ0) is 33.5. The SMILES string of the molecule is CC(C)(C)OC(=O)CN1C(=O)C(NC(=O)CC2(CC(CCc3ccccc3)C(=O)OC(C)(C)C)CCCC2)CCc2ccccc21. The Morgan fingerprint density at radius 1 is 0.913 bits per heavy atom. The number of hydrogen-bond donors (Lipinski definition) is 1. The van der Waals surface area contributed by atoms with E-state index in [1.165, 1.54) is 4.90 Å². The number of aryl methyl sites for hydroxylation is 2. The fourth-order valence-electron chi connectivity index (χ4n) is 6.88. The molecule has 1 fully saturated rings. The standard InChI is InChI=1S/C38H52N2O6/c1-36(2,3)45-33(42)26-40-31-17-11-10-16-28(31)20-21-30(34(40)43)39-32(41)25-38(22-12-13-23-38)24-29(35(44)46-37(4,5)6)19-18-27-14-8-7-9-15-27/h7-11,14-17,29-30H,12-13,18-26H2,1-6H3,(H,39,41). The predicted molar refractivity (Wildman–Crippen MR) is 179 cm³/mol. The molecule has 1 saturated carbocycles. The van der Waals surface area contributed by atoms with Crippen LogP contribution >= 0.6 is 0 Å². The van der Waals surface area contributed by atoms with Gasteiger partial charge in [-0.15, -0.1) is 0 Å². The fraction of sp³-hybridized carbons (Fsp3) is 0.579. The van der Waals surface area contributed by atoms with E-state index in [9.17, 15) is 19.2 Å². The number of carbonyl (C=O) groups is 4. The van der Waals surface area contributed by atoms with Crippen molar-refractivity contribution in [2.45, 2.75) is 123 Å². The first-order valence-electron chi connectivity index (χ1n) is 16.8. The Balaban J connectivity index is 1.49. The highest BCUT2D eigenvalue weighted by Crippen LogP contribution is 2.47. The molecule has 2 atom stereocenters. The Hall–Kier alpha value is -3.68. The first-order chi connectivity index (χ1) is 21.6. The number of ether oxygens (including phenoxy) is 2. The number of carbonyl (C=O) groups excluding carboxylic acids is 4. The third-order valence-electron chi connectivity index (χ3n) is 8.83. The van der Waals surface area contributed by atoms with Gasteiger partial charge in [-0.2, -0.15) is 0 Å². The zero-order valence-corrected chi connectivity index (χ0v) is 28.5. The van der Waals surface area contributed by atoms with Crippen molar-refractivity contribution in [3.8, 4) is 0 Å². The summed E-state index contributed by atoms with van der Waals surface area (Å²) in [4.78, 5) is 55.5. The maximum Gasteiger partial charge on any atom is 0.326 e. The Bertz CT molecular complexity index is 1370. The Kier molecular flexibility index (Phi) is 11.3. The summed E-state index contributed by atoms with van der Waals surface area (Å²) in [5.74, 6) is -1.59. The molecule has 250 valence electrons. The van der Waals surface area contributed by atoms with Crippen molar-refractivity contribution >= 4 is 29.4 Å². The largest absolute Gasteiger partial charge is 0.460 e. The van der Waals surface area contributed by atoms with E-state index in [4.69, 9.17) is 9.47 Å². The summed E-state index contributed by atoms with van der Waals surface area (Å²) in [6.07, 6.45) is 6.89. The van der Waals surface area contributed by atoms with Crippen LogP contribution < -0.4 is 10.2 Å². The van der Waals surface area contributed by atoms with Gasteiger partial charge in [0.15, 0.2) is 0 Å². The van der Waals surface area contributed by atoms with E-state index >= 15 is 0 Å². The second-order valence-corrected chi connectivity index (χ2v) is 15.1. The lowest BCUT2D eigenvalue weighted by Crippen LogP contribution is -2.50. The summed E-state index contributed by atoms with van der Waals surface area (Å²) < 4.78 is 11.4. The highest BCUT2D eigenvalue weighted by molar-refractivity contribution is 6.03. The van der Waals surface area contributed by atoms with Crippen molar-refractivity contribution in [1.82, 2.24) is 5.32 Å². The average molecular weight is 633 g/mol. The number of hydrogen-bond acceptors (Lipinski definition) is 6. The number of amides is 2. The van der Waals surface area contributed by atoms with Crippen LogP contribution in [0.1, 0.15) is 104 Å². The molecule has 2 aromatic carbocycles. The van der Waals surface area contributed by atoms with Crippen LogP contribution in [0.15, 0.2) is 54.6 Å². The molecular weight excluding hydrogens is 580 g/mol. The molecule has 2 amide bonds. The van der Waals surface area contributed by atoms with Gasteiger partial charge in [0.25, 0.3) is 0 Å². The predicted octanol–water partition coefficient (Wildman–Crippen LogP) is 6.72. The average Bonchev–Trinajstić information content (AvgIpc) is 3.37. The minimum Gasteiger partial charge on any atom is -0.460 e. The zero-order valence-electron chi connectivity index (χ0n) is 28.5. The van der Waals surface area contributed by atoms with Crippen molar-refractivity contribution in [2.24, 2.45) is 11.3 Å². The quantitative estimate of drug-likeness (QED) is 0.276. The highest BCUT2D eigenvalue weighted by Gasteiger charge is 2.42. The monoisotopic (exact) mass is 632 g/mol. The van der Waals surface area contributed by atoms with Gasteiger partial charge in [0.05, 0.1) is 5.92 Å². The first-order valence-corrected chi connectivity index (χ1v) is 16.8. The minimum atomic E-state index is -0.777. The van der Waals surface area contributed by atoms with Crippen LogP contribution in [0.4, 0.5) is 5.69 Å². The smallest absolute Gasteiger partial charge is 0.326 e. The molecule has 2 aromatic rings. The van der Waals surface area contributed by atoms with Gasteiger partial charge in [-0.25, -0.2) is 0 Å². The highest BCUT2D eigenvalue weighted by atomic mass is 16.6. The van der Waals surface area contributed by atoms with E-state index in [1.807, 2.05) is 63.2 Å². The molecule has 1 aliphatic heterocycles. The van der Waals surface area contributed by atoms with Gasteiger partial charge in [0, 0.05) is 12.1 Å². The van der Waals surface area contributed by atoms with Gasteiger partial charge in [0.2, 0.25) is 11.8 Å². The van der Waals surface area contributed by atoms with Crippen molar-refractivity contribution in [1.29, 1.82) is 0 Å². The van der Waals surface area contributed by atoms with E-state index in [2.05, 4.69) is 17.4 Å². The molecule has 4 rings (SSSR count). The van der Waals surface area contributed by atoms with Gasteiger partial charge in [0.1, 0.15) is 23.8 Å². The molecule has 46 heavy (non-hydrogen) atoms. The second kappa shape index (κ2) is 14.8. The third kappa shape index (κ3) is 10.2. The molecule has 2 unspecified atom stereocenters. The van der Waals surface area contributed by atoms with Crippen LogP contribution in [-0.2, 0) is 41.5 Å². The van der Waals surface area contributed by atoms with Crippen molar-refractivity contribution in [3.05, 3.63) is 65.7 Å². The molecule has 8 heteroatoms. The van der Waals surface area contributed by atoms with Crippen molar-refractivity contribution in [2.75, 3.05) is 11.4 Å². The van der Waals surface area contributed by atoms with Gasteiger partial charge >= 0.3 is 11.9 Å². The lowest BCUT2D eigenvalue weighted by molar-refractivity contribution is -0.162. The van der Waals surface area contributed by atoms with Crippen molar-refractivity contribution < 1.29 is 28.7 Å². The molecule has 1 heterocycles. The van der Waals surface area contributed by atoms with Gasteiger partial charge in [-0.3, -0.25) is 24.1 Å². The van der Waals surface area contributed by atoms with E-state index in [0.29, 0.717) is 31.4 Å². The van der Waals surface area contributed by atoms with Crippen molar-refractivity contribution in [3.63, 3.8) is 0 Å². The maximum absolute atomic E-state index is 13.9. The first kappa shape index (κ1) is 35.2. The molecule has 0 bridgehead atoms. The molecule has 8 nitrogen and oxygen atoms in total. The van der Waals surface area contributed by atoms with E-state index in [0.717, 1.165) is 43.2 Å². The summed E-state index contributed by atoms with van der Waals surface area (Å²) in [5, 5.41) is 3.05. The molecule has 1 aliphatic carbocycles. The Labute approximate surface area is 274 Å². The number of nitrogens with zero attached hydrogens (tertiary/aromatic N) is 1. The summed E-state index contributed by atoms with van der Waals surface area (Å²) in [7, 11) is 0. The van der Waals surface area contributed by atoms with Crippen LogP contribution in [0, 0.1) is 11.3 Å². The summed E-state index contributed by atoms with van der Waals surface area (Å²) in [6.45, 7) is 10.8. The lowest BCUT2D eigenvalue weighted by atomic mass is 9.73. The molecule has 0 aromatic heterocycles. The summed E-state index contributed by atoms with van der Waals surface area (Å²) in [6, 6.07) is 16.9. The molecule has 0 saturated heterocycles. The summed E-state index contributed by atoms with van der Waals surface area (Å²) in [5.41, 5.74) is 1.13. The van der Waals surface area contributed by atoms with Gasteiger partial charge in [-0.05, 0) is 109 Å². The molecule has 2 aliphatic rings. The van der Waals surface area contributed by atoms with Gasteiger partial charge in [-0.1, -0.05) is 61.4 Å². The number of fused-ring (bicyclic) bond motifs is 1. The normalized spacial score (nSPS) is 18.7. The van der Waals surface area contributed by atoms with Crippen LogP contribution in [-0.4, -0.2) is 47.5 Å². The number of rotatable bonds is 11. The molecule has 0 spiro atoms. The van der Waals surface area contributed by atoms with Crippen LogP contribution in [0.2, 0.25) is 0 Å². The maximum atomic E-state index is 13.9. The molecule has 0 radical (unpaired) electrons. The second-order valence-electron chi connectivity index (χ2n) is 15.1. The van der Waals surface area contributed by atoms with Crippen LogP contribution in [0.3, 0.4) is 0 Å². The number of anilines is 1. The number of benzene rings is 2. The topological polar surface area (TPSA) is 102 Å². The van der Waals surface area contributed by atoms with E-state index in [1.54, 1.807) is 20.8 Å². The number of para-hydroxylation sites is 1. The fourth-order valence-corrected chi connectivity index (χ4v) is 6.88. The van der Waals surface area contributed by atoms with E-state index < -0.39 is 23.2 Å². The van der Waals surface area contributed by atoms with Gasteiger partial charge < -0.3 is 14.8 Å². The number of esters is 2. The molecule has 1 N–H and O–H groups in total. The Morgan fingerprint density at radius 3 is 2.20 bits per heavy atom. The summed E-state index contributed by atoms with van der Waals surface area (Å²) >= 11 is 0. The number of nitrogens with one attached hydrogen (secondary N) is 1. The third-order valence-corrected chi connectivity index (χ3v) is 8.83. The minimum absolute atomic E-state index is 0.200. The van der Waals surface area contributed by atoms with Crippen LogP contribution in [0.5, 0.6) is 0 Å². The van der Waals surface area contributed by atoms with E-state index in [-0.39, 0.29) is 42.1 Å². The lowest BCUT2D eigenvalue weighted by Gasteiger charge is -2.34. The molecular formula is C38H52N2O6. The Morgan fingerprint density at radius 2 is 1.54 bits per heavy atom.